The van der Waals surface area contributed by atoms with Crippen molar-refractivity contribution in [2.75, 3.05) is 23.7 Å². The molecule has 24 heavy (non-hydrogen) atoms. The number of sulfonamides is 1. The molecule has 0 aliphatic rings. The smallest absolute Gasteiger partial charge is 0.261 e. The van der Waals surface area contributed by atoms with E-state index in [-0.39, 0.29) is 4.90 Å². The summed E-state index contributed by atoms with van der Waals surface area (Å²) in [6.45, 7) is 0. The van der Waals surface area contributed by atoms with E-state index in [1.807, 2.05) is 0 Å². The van der Waals surface area contributed by atoms with Gasteiger partial charge in [0.25, 0.3) is 10.0 Å². The van der Waals surface area contributed by atoms with E-state index in [0.717, 1.165) is 5.69 Å². The highest BCUT2D eigenvalue weighted by Crippen LogP contribution is 2.17. The number of hydrogen-bond acceptors (Lipinski definition) is 6. The molecule has 8 nitrogen and oxygen atoms in total. The quantitative estimate of drug-likeness (QED) is 0.754. The normalized spacial score (nSPS) is 11.2. The molecule has 1 N–H and O–H groups in total. The van der Waals surface area contributed by atoms with Crippen molar-refractivity contribution in [2.24, 2.45) is 0 Å². The van der Waals surface area contributed by atoms with Gasteiger partial charge in [0, 0.05) is 26.5 Å². The first-order valence-electron chi connectivity index (χ1n) is 7.08. The molecule has 3 aromatic rings. The topological polar surface area (TPSA) is 93.0 Å². The van der Waals surface area contributed by atoms with Gasteiger partial charge >= 0.3 is 0 Å². The van der Waals surface area contributed by atoms with E-state index < -0.39 is 10.0 Å². The average molecular weight is 344 g/mol. The minimum Gasteiger partial charge on any atom is -0.347 e. The fraction of sp³-hybridized carbons (Fsp3) is 0.133. The van der Waals surface area contributed by atoms with Gasteiger partial charge in [-0.05, 0) is 30.3 Å². The minimum absolute atomic E-state index is 0.148. The van der Waals surface area contributed by atoms with Crippen molar-refractivity contribution >= 4 is 21.7 Å². The second kappa shape index (κ2) is 6.28. The molecule has 2 aromatic heterocycles. The molecule has 0 saturated heterocycles. The third-order valence-electron chi connectivity index (χ3n) is 3.21. The van der Waals surface area contributed by atoms with Crippen LogP contribution in [0.2, 0.25) is 0 Å². The summed E-state index contributed by atoms with van der Waals surface area (Å²) in [6, 6.07) is 8.22. The maximum absolute atomic E-state index is 12.4. The standard InChI is InChI=1S/C15H16N6O2S/c1-20(2)15-16-10-12(11-17-15)19-24(22,23)14-6-4-13(5-7-14)21-9-3-8-18-21/h3-11,19H,1-2H3. The van der Waals surface area contributed by atoms with Crippen LogP contribution in [-0.4, -0.2) is 42.3 Å². The molecule has 0 amide bonds. The van der Waals surface area contributed by atoms with E-state index in [2.05, 4.69) is 19.8 Å². The van der Waals surface area contributed by atoms with Crippen LogP contribution in [0.15, 0.2) is 60.0 Å². The highest BCUT2D eigenvalue weighted by molar-refractivity contribution is 7.92. The van der Waals surface area contributed by atoms with Crippen molar-refractivity contribution < 1.29 is 8.42 Å². The largest absolute Gasteiger partial charge is 0.347 e. The molecule has 3 rings (SSSR count). The van der Waals surface area contributed by atoms with Gasteiger partial charge in [0.1, 0.15) is 0 Å². The first-order chi connectivity index (χ1) is 11.5. The molecule has 0 unspecified atom stereocenters. The number of hydrogen-bond donors (Lipinski definition) is 1. The zero-order valence-electron chi connectivity index (χ0n) is 13.2. The minimum atomic E-state index is -3.71. The molecule has 0 spiro atoms. The second-order valence-corrected chi connectivity index (χ2v) is 6.90. The van der Waals surface area contributed by atoms with Gasteiger partial charge in [-0.25, -0.2) is 23.1 Å². The Labute approximate surface area is 139 Å². The van der Waals surface area contributed by atoms with Gasteiger partial charge in [0.15, 0.2) is 0 Å². The highest BCUT2D eigenvalue weighted by Gasteiger charge is 2.15. The number of anilines is 2. The van der Waals surface area contributed by atoms with Crippen LogP contribution in [0.25, 0.3) is 5.69 Å². The van der Waals surface area contributed by atoms with Gasteiger partial charge in [-0.3, -0.25) is 4.72 Å². The zero-order valence-corrected chi connectivity index (χ0v) is 14.0. The molecule has 0 saturated carbocycles. The number of nitrogens with one attached hydrogen (secondary N) is 1. The van der Waals surface area contributed by atoms with Crippen molar-refractivity contribution in [1.29, 1.82) is 0 Å². The summed E-state index contributed by atoms with van der Waals surface area (Å²) in [5.41, 5.74) is 1.08. The van der Waals surface area contributed by atoms with Crippen molar-refractivity contribution in [3.63, 3.8) is 0 Å². The Morgan fingerprint density at radius 1 is 1.08 bits per heavy atom. The number of rotatable bonds is 5. The molecule has 0 radical (unpaired) electrons. The summed E-state index contributed by atoms with van der Waals surface area (Å²) < 4.78 is 28.9. The van der Waals surface area contributed by atoms with Crippen LogP contribution in [0.5, 0.6) is 0 Å². The molecular weight excluding hydrogens is 328 g/mol. The van der Waals surface area contributed by atoms with E-state index in [1.165, 1.54) is 24.5 Å². The summed E-state index contributed by atoms with van der Waals surface area (Å²) in [5, 5.41) is 4.10. The monoisotopic (exact) mass is 344 g/mol. The van der Waals surface area contributed by atoms with Crippen LogP contribution in [-0.2, 0) is 10.0 Å². The van der Waals surface area contributed by atoms with E-state index in [1.54, 1.807) is 54.3 Å². The summed E-state index contributed by atoms with van der Waals surface area (Å²) >= 11 is 0. The van der Waals surface area contributed by atoms with Gasteiger partial charge in [-0.15, -0.1) is 0 Å². The van der Waals surface area contributed by atoms with Crippen LogP contribution in [0, 0.1) is 0 Å². The number of benzene rings is 1. The van der Waals surface area contributed by atoms with E-state index in [4.69, 9.17) is 0 Å². The average Bonchev–Trinajstić information content (AvgIpc) is 3.09. The van der Waals surface area contributed by atoms with Gasteiger partial charge in [-0.2, -0.15) is 5.10 Å². The number of aromatic nitrogens is 4. The third kappa shape index (κ3) is 3.35. The predicted molar refractivity (Wildman–Crippen MR) is 90.7 cm³/mol. The van der Waals surface area contributed by atoms with Gasteiger partial charge < -0.3 is 4.90 Å². The van der Waals surface area contributed by atoms with Crippen molar-refractivity contribution in [2.45, 2.75) is 4.90 Å². The molecule has 0 bridgehead atoms. The SMILES string of the molecule is CN(C)c1ncc(NS(=O)(=O)c2ccc(-n3cccn3)cc2)cn1. The first kappa shape index (κ1) is 15.9. The summed E-state index contributed by atoms with van der Waals surface area (Å²) in [4.78, 5) is 10.0. The zero-order chi connectivity index (χ0) is 17.2. The molecule has 0 aliphatic heterocycles. The molecule has 2 heterocycles. The van der Waals surface area contributed by atoms with E-state index >= 15 is 0 Å². The second-order valence-electron chi connectivity index (χ2n) is 5.22. The Kier molecular flexibility index (Phi) is 4.17. The van der Waals surface area contributed by atoms with Crippen molar-refractivity contribution in [3.05, 3.63) is 55.1 Å². The number of nitrogens with zero attached hydrogens (tertiary/aromatic N) is 5. The fourth-order valence-electron chi connectivity index (χ4n) is 2.02. The van der Waals surface area contributed by atoms with Crippen LogP contribution in [0.3, 0.4) is 0 Å². The Hall–Kier alpha value is -2.94. The fourth-order valence-corrected chi connectivity index (χ4v) is 3.05. The lowest BCUT2D eigenvalue weighted by molar-refractivity contribution is 0.601. The van der Waals surface area contributed by atoms with Crippen LogP contribution in [0.4, 0.5) is 11.6 Å². The lowest BCUT2D eigenvalue weighted by Crippen LogP contribution is -2.15. The molecule has 0 aliphatic carbocycles. The predicted octanol–water partition coefficient (Wildman–Crippen LogP) is 1.53. The van der Waals surface area contributed by atoms with Gasteiger partial charge in [0.05, 0.1) is 28.7 Å². The molecule has 1 aromatic carbocycles. The van der Waals surface area contributed by atoms with Crippen LogP contribution in [0.1, 0.15) is 0 Å². The Bertz CT molecular complexity index is 904. The lowest BCUT2D eigenvalue weighted by Gasteiger charge is -2.11. The maximum atomic E-state index is 12.4. The van der Waals surface area contributed by atoms with Crippen molar-refractivity contribution in [3.8, 4) is 5.69 Å². The summed E-state index contributed by atoms with van der Waals surface area (Å²) in [6.07, 6.45) is 6.30. The van der Waals surface area contributed by atoms with Crippen molar-refractivity contribution in [1.82, 2.24) is 19.7 Å². The molecular formula is C15H16N6O2S. The molecule has 9 heteroatoms. The van der Waals surface area contributed by atoms with Crippen LogP contribution < -0.4 is 9.62 Å². The molecule has 0 fully saturated rings. The van der Waals surface area contributed by atoms with Crippen LogP contribution >= 0.6 is 0 Å². The third-order valence-corrected chi connectivity index (χ3v) is 4.60. The Morgan fingerprint density at radius 3 is 2.29 bits per heavy atom. The lowest BCUT2D eigenvalue weighted by atomic mass is 10.3. The van der Waals surface area contributed by atoms with Gasteiger partial charge in [-0.1, -0.05) is 0 Å². The highest BCUT2D eigenvalue weighted by atomic mass is 32.2. The molecule has 124 valence electrons. The molecule has 0 atom stereocenters. The van der Waals surface area contributed by atoms with Gasteiger partial charge in [0.2, 0.25) is 5.95 Å². The Balaban J connectivity index is 1.80. The summed E-state index contributed by atoms with van der Waals surface area (Å²) in [5.74, 6) is 0.501. The van der Waals surface area contributed by atoms with E-state index in [9.17, 15) is 8.42 Å². The summed E-state index contributed by atoms with van der Waals surface area (Å²) in [7, 11) is -0.0935. The maximum Gasteiger partial charge on any atom is 0.261 e. The first-order valence-corrected chi connectivity index (χ1v) is 8.56. The Morgan fingerprint density at radius 2 is 1.75 bits per heavy atom. The van der Waals surface area contributed by atoms with E-state index in [0.29, 0.717) is 11.6 Å².